The summed E-state index contributed by atoms with van der Waals surface area (Å²) in [5.41, 5.74) is 0. The Morgan fingerprint density at radius 3 is 2.94 bits per heavy atom. The Kier molecular flexibility index (Phi) is 7.23. The Hall–Kier alpha value is -0.650. The molecule has 1 saturated heterocycles. The standard InChI is InChI=1S/C13H26N2O3/c1-11(13(16)15(3)8-7-14-2)18-10-12-6-4-5-9-17-12/h11-12,14H,4-10H2,1-3H3. The summed E-state index contributed by atoms with van der Waals surface area (Å²) in [4.78, 5) is 13.7. The van der Waals surface area contributed by atoms with Crippen molar-refractivity contribution in [3.05, 3.63) is 0 Å². The van der Waals surface area contributed by atoms with Crippen LogP contribution < -0.4 is 5.32 Å². The van der Waals surface area contributed by atoms with Gasteiger partial charge in [0, 0.05) is 26.7 Å². The molecule has 1 amide bonds. The fourth-order valence-corrected chi connectivity index (χ4v) is 1.96. The third-order valence-electron chi connectivity index (χ3n) is 3.23. The SMILES string of the molecule is CNCCN(C)C(=O)C(C)OCC1CCCCO1. The maximum absolute atomic E-state index is 12.0. The fourth-order valence-electron chi connectivity index (χ4n) is 1.96. The molecule has 2 unspecified atom stereocenters. The molecular weight excluding hydrogens is 232 g/mol. The Bertz CT molecular complexity index is 242. The molecule has 1 aliphatic rings. The van der Waals surface area contributed by atoms with E-state index >= 15 is 0 Å². The molecule has 0 saturated carbocycles. The largest absolute Gasteiger partial charge is 0.376 e. The zero-order valence-corrected chi connectivity index (χ0v) is 11.8. The third kappa shape index (κ3) is 5.33. The number of hydrogen-bond donors (Lipinski definition) is 1. The third-order valence-corrected chi connectivity index (χ3v) is 3.23. The zero-order valence-electron chi connectivity index (χ0n) is 11.8. The van der Waals surface area contributed by atoms with Crippen molar-refractivity contribution in [2.75, 3.05) is 40.4 Å². The van der Waals surface area contributed by atoms with Gasteiger partial charge in [0.1, 0.15) is 6.10 Å². The molecular formula is C13H26N2O3. The first kappa shape index (κ1) is 15.4. The summed E-state index contributed by atoms with van der Waals surface area (Å²) in [6, 6.07) is 0. The molecule has 1 N–H and O–H groups in total. The molecule has 0 radical (unpaired) electrons. The smallest absolute Gasteiger partial charge is 0.251 e. The first-order chi connectivity index (χ1) is 8.65. The van der Waals surface area contributed by atoms with Gasteiger partial charge in [-0.3, -0.25) is 4.79 Å². The van der Waals surface area contributed by atoms with E-state index in [4.69, 9.17) is 9.47 Å². The highest BCUT2D eigenvalue weighted by Crippen LogP contribution is 2.13. The van der Waals surface area contributed by atoms with Gasteiger partial charge in [0.15, 0.2) is 0 Å². The molecule has 1 heterocycles. The minimum atomic E-state index is -0.391. The van der Waals surface area contributed by atoms with E-state index in [1.165, 1.54) is 6.42 Å². The maximum Gasteiger partial charge on any atom is 0.251 e. The second-order valence-electron chi connectivity index (χ2n) is 4.83. The van der Waals surface area contributed by atoms with Crippen LogP contribution in [-0.4, -0.2) is 63.4 Å². The summed E-state index contributed by atoms with van der Waals surface area (Å²) >= 11 is 0. The van der Waals surface area contributed by atoms with Crippen molar-refractivity contribution in [3.8, 4) is 0 Å². The van der Waals surface area contributed by atoms with E-state index in [9.17, 15) is 4.79 Å². The number of ether oxygens (including phenoxy) is 2. The number of nitrogens with zero attached hydrogens (tertiary/aromatic N) is 1. The molecule has 5 heteroatoms. The summed E-state index contributed by atoms with van der Waals surface area (Å²) in [7, 11) is 3.68. The molecule has 0 aromatic carbocycles. The predicted molar refractivity (Wildman–Crippen MR) is 70.6 cm³/mol. The van der Waals surface area contributed by atoms with Crippen molar-refractivity contribution < 1.29 is 14.3 Å². The van der Waals surface area contributed by atoms with Gasteiger partial charge in [-0.1, -0.05) is 0 Å². The van der Waals surface area contributed by atoms with Crippen molar-refractivity contribution in [3.63, 3.8) is 0 Å². The van der Waals surface area contributed by atoms with E-state index in [2.05, 4.69) is 5.32 Å². The summed E-state index contributed by atoms with van der Waals surface area (Å²) in [5, 5.41) is 3.02. The molecule has 18 heavy (non-hydrogen) atoms. The van der Waals surface area contributed by atoms with Gasteiger partial charge in [0.2, 0.25) is 0 Å². The highest BCUT2D eigenvalue weighted by Gasteiger charge is 2.20. The first-order valence-electron chi connectivity index (χ1n) is 6.78. The number of carbonyl (C=O) groups is 1. The Balaban J connectivity index is 2.21. The highest BCUT2D eigenvalue weighted by molar-refractivity contribution is 5.80. The lowest BCUT2D eigenvalue weighted by Gasteiger charge is -2.25. The van der Waals surface area contributed by atoms with Crippen LogP contribution in [0.3, 0.4) is 0 Å². The lowest BCUT2D eigenvalue weighted by atomic mass is 10.1. The number of carbonyl (C=O) groups excluding carboxylic acids is 1. The van der Waals surface area contributed by atoms with Crippen LogP contribution in [0.4, 0.5) is 0 Å². The summed E-state index contributed by atoms with van der Waals surface area (Å²) in [6.07, 6.45) is 3.14. The molecule has 5 nitrogen and oxygen atoms in total. The van der Waals surface area contributed by atoms with Crippen LogP contribution in [0.1, 0.15) is 26.2 Å². The number of rotatable bonds is 7. The first-order valence-corrected chi connectivity index (χ1v) is 6.78. The van der Waals surface area contributed by atoms with E-state index in [-0.39, 0.29) is 12.0 Å². The van der Waals surface area contributed by atoms with Crippen LogP contribution in [0.25, 0.3) is 0 Å². The van der Waals surface area contributed by atoms with E-state index in [1.54, 1.807) is 18.9 Å². The Labute approximate surface area is 110 Å². The Morgan fingerprint density at radius 2 is 2.33 bits per heavy atom. The molecule has 1 aliphatic heterocycles. The number of likely N-dealkylation sites (N-methyl/N-ethyl adjacent to an activating group) is 2. The molecule has 2 atom stereocenters. The second kappa shape index (κ2) is 8.45. The number of amides is 1. The van der Waals surface area contributed by atoms with Gasteiger partial charge >= 0.3 is 0 Å². The molecule has 0 aliphatic carbocycles. The van der Waals surface area contributed by atoms with Crippen LogP contribution in [0.2, 0.25) is 0 Å². The lowest BCUT2D eigenvalue weighted by Crippen LogP contribution is -2.40. The average Bonchev–Trinajstić information content (AvgIpc) is 2.42. The summed E-state index contributed by atoms with van der Waals surface area (Å²) < 4.78 is 11.2. The van der Waals surface area contributed by atoms with Gasteiger partial charge in [0.05, 0.1) is 12.7 Å². The summed E-state index contributed by atoms with van der Waals surface area (Å²) in [6.45, 7) is 4.63. The van der Waals surface area contributed by atoms with Gasteiger partial charge in [-0.15, -0.1) is 0 Å². The average molecular weight is 258 g/mol. The van der Waals surface area contributed by atoms with E-state index < -0.39 is 6.10 Å². The van der Waals surface area contributed by atoms with Gasteiger partial charge in [-0.05, 0) is 33.2 Å². The normalized spacial score (nSPS) is 21.6. The van der Waals surface area contributed by atoms with Crippen molar-refractivity contribution in [2.24, 2.45) is 0 Å². The van der Waals surface area contributed by atoms with Gasteiger partial charge in [-0.2, -0.15) is 0 Å². The van der Waals surface area contributed by atoms with Crippen LogP contribution in [0.5, 0.6) is 0 Å². The van der Waals surface area contributed by atoms with E-state index in [0.29, 0.717) is 13.2 Å². The van der Waals surface area contributed by atoms with Crippen molar-refractivity contribution >= 4 is 5.91 Å². The maximum atomic E-state index is 12.0. The minimum Gasteiger partial charge on any atom is -0.376 e. The van der Waals surface area contributed by atoms with Crippen molar-refractivity contribution in [1.82, 2.24) is 10.2 Å². The topological polar surface area (TPSA) is 50.8 Å². The molecule has 0 bridgehead atoms. The monoisotopic (exact) mass is 258 g/mol. The second-order valence-corrected chi connectivity index (χ2v) is 4.83. The summed E-state index contributed by atoms with van der Waals surface area (Å²) in [5.74, 6) is 0.0288. The van der Waals surface area contributed by atoms with Crippen LogP contribution in [-0.2, 0) is 14.3 Å². The van der Waals surface area contributed by atoms with Crippen LogP contribution in [0, 0.1) is 0 Å². The van der Waals surface area contributed by atoms with Gasteiger partial charge in [0.25, 0.3) is 5.91 Å². The number of hydrogen-bond acceptors (Lipinski definition) is 4. The lowest BCUT2D eigenvalue weighted by molar-refractivity contribution is -0.144. The molecule has 0 spiro atoms. The fraction of sp³-hybridized carbons (Fsp3) is 0.923. The van der Waals surface area contributed by atoms with E-state index in [0.717, 1.165) is 26.0 Å². The van der Waals surface area contributed by atoms with Gasteiger partial charge < -0.3 is 19.7 Å². The zero-order chi connectivity index (χ0) is 13.4. The minimum absolute atomic E-state index is 0.0288. The molecule has 0 aromatic heterocycles. The van der Waals surface area contributed by atoms with Crippen LogP contribution in [0.15, 0.2) is 0 Å². The molecule has 1 rings (SSSR count). The molecule has 106 valence electrons. The predicted octanol–water partition coefficient (Wildman–Crippen LogP) is 0.638. The molecule has 0 aromatic rings. The van der Waals surface area contributed by atoms with E-state index in [1.807, 2.05) is 7.05 Å². The van der Waals surface area contributed by atoms with Crippen LogP contribution >= 0.6 is 0 Å². The van der Waals surface area contributed by atoms with Gasteiger partial charge in [-0.25, -0.2) is 0 Å². The van der Waals surface area contributed by atoms with Crippen molar-refractivity contribution in [1.29, 1.82) is 0 Å². The highest BCUT2D eigenvalue weighted by atomic mass is 16.5. The quantitative estimate of drug-likeness (QED) is 0.728. The molecule has 1 fully saturated rings. The Morgan fingerprint density at radius 1 is 1.56 bits per heavy atom. The van der Waals surface area contributed by atoms with Crippen molar-refractivity contribution in [2.45, 2.75) is 38.4 Å². The number of nitrogens with one attached hydrogen (secondary N) is 1.